The third-order valence-corrected chi connectivity index (χ3v) is 6.04. The number of fused-ring (bicyclic) bond motifs is 1. The fourth-order valence-electron chi connectivity index (χ4n) is 2.90. The number of ketones is 1. The van der Waals surface area contributed by atoms with Crippen LogP contribution in [0.25, 0.3) is 16.8 Å². The van der Waals surface area contributed by atoms with E-state index in [1.54, 1.807) is 0 Å². The Balaban J connectivity index is 1.53. The van der Waals surface area contributed by atoms with E-state index in [1.807, 2.05) is 42.5 Å². The lowest BCUT2D eigenvalue weighted by Gasteiger charge is -2.11. The van der Waals surface area contributed by atoms with Crippen LogP contribution in [0.15, 0.2) is 75.0 Å². The smallest absolute Gasteiger partial charge is 0.210 e. The van der Waals surface area contributed by atoms with Gasteiger partial charge in [0.1, 0.15) is 12.4 Å². The highest BCUT2D eigenvalue weighted by Gasteiger charge is 2.16. The van der Waals surface area contributed by atoms with E-state index in [2.05, 4.69) is 45.2 Å². The third kappa shape index (κ3) is 4.24. The average molecular weight is 468 g/mol. The number of thiocarbonyl (C=S) groups is 1. The summed E-state index contributed by atoms with van der Waals surface area (Å²) in [5.41, 5.74) is 2.02. The fraction of sp³-hybridized carbons (Fsp3) is 0.0455. The van der Waals surface area contributed by atoms with E-state index in [-0.39, 0.29) is 5.78 Å². The summed E-state index contributed by atoms with van der Waals surface area (Å²) in [4.78, 5) is 16.4. The van der Waals surface area contributed by atoms with Crippen LogP contribution in [0.4, 0.5) is 0 Å². The first kappa shape index (κ1) is 19.1. The number of ether oxygens (including phenoxy) is 1. The molecule has 1 aliphatic heterocycles. The molecule has 1 heterocycles. The van der Waals surface area contributed by atoms with Crippen LogP contribution in [-0.4, -0.2) is 16.3 Å². The topological polar surface area (TPSA) is 38.7 Å². The molecule has 4 rings (SSSR count). The molecule has 28 heavy (non-hydrogen) atoms. The molecule has 0 aliphatic carbocycles. The molecule has 3 aromatic carbocycles. The third-order valence-electron chi connectivity index (χ3n) is 4.24. The van der Waals surface area contributed by atoms with Crippen LogP contribution < -0.4 is 4.74 Å². The zero-order valence-corrected chi connectivity index (χ0v) is 17.8. The van der Waals surface area contributed by atoms with Crippen molar-refractivity contribution in [1.82, 2.24) is 0 Å². The number of halogens is 1. The molecule has 3 aromatic rings. The molecular formula is C22H14BrNO2S2. The van der Waals surface area contributed by atoms with Crippen molar-refractivity contribution in [2.75, 3.05) is 0 Å². The van der Waals surface area contributed by atoms with Gasteiger partial charge in [-0.05, 0) is 56.0 Å². The van der Waals surface area contributed by atoms with E-state index >= 15 is 0 Å². The number of aliphatic imine (C=N–C) groups is 1. The molecule has 0 saturated carbocycles. The number of carbonyl (C=O) groups is 1. The molecule has 0 atom stereocenters. The lowest BCUT2D eigenvalue weighted by molar-refractivity contribution is -0.108. The molecule has 0 unspecified atom stereocenters. The van der Waals surface area contributed by atoms with Gasteiger partial charge in [0, 0.05) is 0 Å². The second kappa shape index (κ2) is 8.39. The van der Waals surface area contributed by atoms with Crippen LogP contribution in [0.5, 0.6) is 5.75 Å². The summed E-state index contributed by atoms with van der Waals surface area (Å²) in [5.74, 6) is 0.612. The van der Waals surface area contributed by atoms with E-state index in [0.717, 1.165) is 21.3 Å². The van der Waals surface area contributed by atoms with Crippen molar-refractivity contribution in [3.63, 3.8) is 0 Å². The quantitative estimate of drug-likeness (QED) is 0.338. The number of rotatable bonds is 4. The summed E-state index contributed by atoms with van der Waals surface area (Å²) in [6, 6.07) is 20.2. The summed E-state index contributed by atoms with van der Waals surface area (Å²) in [5, 5.41) is 2.38. The summed E-state index contributed by atoms with van der Waals surface area (Å²) in [7, 11) is 0. The van der Waals surface area contributed by atoms with Crippen LogP contribution in [0, 0.1) is 0 Å². The summed E-state index contributed by atoms with van der Waals surface area (Å²) in [6.07, 6.45) is 3.07. The van der Waals surface area contributed by atoms with Gasteiger partial charge in [0.2, 0.25) is 5.78 Å². The molecule has 0 spiro atoms. The maximum atomic E-state index is 11.9. The van der Waals surface area contributed by atoms with E-state index in [9.17, 15) is 4.79 Å². The number of nitrogens with zero attached hydrogens (tertiary/aromatic N) is 1. The molecule has 0 fully saturated rings. The van der Waals surface area contributed by atoms with Crippen molar-refractivity contribution in [1.29, 1.82) is 0 Å². The Hall–Kier alpha value is -2.28. The van der Waals surface area contributed by atoms with Gasteiger partial charge in [-0.1, -0.05) is 72.5 Å². The molecule has 1 aliphatic rings. The van der Waals surface area contributed by atoms with Gasteiger partial charge in [0.15, 0.2) is 4.32 Å². The second-order valence-electron chi connectivity index (χ2n) is 6.12. The minimum atomic E-state index is -0.133. The van der Waals surface area contributed by atoms with Gasteiger partial charge in [0.25, 0.3) is 0 Å². The molecule has 138 valence electrons. The molecule has 0 bridgehead atoms. The number of hydrogen-bond donors (Lipinski definition) is 0. The highest BCUT2D eigenvalue weighted by molar-refractivity contribution is 9.10. The second-order valence-corrected chi connectivity index (χ2v) is 8.65. The molecule has 0 N–H and O–H groups in total. The first-order chi connectivity index (χ1) is 13.6. The Kier molecular flexibility index (Phi) is 5.71. The van der Waals surface area contributed by atoms with Gasteiger partial charge in [0.05, 0.1) is 15.6 Å². The Bertz CT molecular complexity index is 1150. The summed E-state index contributed by atoms with van der Waals surface area (Å²) < 4.78 is 7.30. The number of carbonyl (C=O) groups excluding carboxylic acids is 1. The van der Waals surface area contributed by atoms with E-state index < -0.39 is 0 Å². The normalized spacial score (nSPS) is 15.4. The van der Waals surface area contributed by atoms with Crippen LogP contribution in [0.2, 0.25) is 0 Å². The predicted octanol–water partition coefficient (Wildman–Crippen LogP) is 6.19. The van der Waals surface area contributed by atoms with Crippen LogP contribution in [-0.2, 0) is 11.4 Å². The molecule has 3 nitrogen and oxygen atoms in total. The van der Waals surface area contributed by atoms with Crippen LogP contribution >= 0.6 is 39.9 Å². The van der Waals surface area contributed by atoms with Crippen molar-refractivity contribution in [2.45, 2.75) is 6.61 Å². The zero-order chi connectivity index (χ0) is 19.5. The number of benzene rings is 3. The molecule has 0 aromatic heterocycles. The maximum Gasteiger partial charge on any atom is 0.210 e. The van der Waals surface area contributed by atoms with Gasteiger partial charge in [-0.2, -0.15) is 0 Å². The van der Waals surface area contributed by atoms with Gasteiger partial charge in [-0.25, -0.2) is 4.99 Å². The number of hydrogen-bond acceptors (Lipinski definition) is 4. The Labute approximate surface area is 180 Å². The SMILES string of the molecule is O=C1C=NC(=S)S/C1=C/c1ccc(OCc2cccc3ccccc23)c(Br)c1. The minimum absolute atomic E-state index is 0.133. The number of Topliss-reactive ketones (excluding diaryl/α,β-unsaturated/α-hetero) is 1. The highest BCUT2D eigenvalue weighted by Crippen LogP contribution is 2.31. The van der Waals surface area contributed by atoms with Crippen LogP contribution in [0.3, 0.4) is 0 Å². The highest BCUT2D eigenvalue weighted by atomic mass is 79.9. The Morgan fingerprint density at radius 3 is 2.79 bits per heavy atom. The van der Waals surface area contributed by atoms with Gasteiger partial charge < -0.3 is 4.74 Å². The van der Waals surface area contributed by atoms with Gasteiger partial charge in [-0.15, -0.1) is 0 Å². The number of allylic oxidation sites excluding steroid dienone is 1. The maximum absolute atomic E-state index is 11.9. The van der Waals surface area contributed by atoms with E-state index in [4.69, 9.17) is 17.0 Å². The van der Waals surface area contributed by atoms with Gasteiger partial charge in [-0.3, -0.25) is 4.79 Å². The monoisotopic (exact) mass is 467 g/mol. The van der Waals surface area contributed by atoms with Crippen molar-refractivity contribution in [2.24, 2.45) is 4.99 Å². The predicted molar refractivity (Wildman–Crippen MR) is 124 cm³/mol. The first-order valence-electron chi connectivity index (χ1n) is 8.51. The van der Waals surface area contributed by atoms with Gasteiger partial charge >= 0.3 is 0 Å². The lowest BCUT2D eigenvalue weighted by atomic mass is 10.1. The van der Waals surface area contributed by atoms with Crippen molar-refractivity contribution in [3.8, 4) is 5.75 Å². The van der Waals surface area contributed by atoms with E-state index in [0.29, 0.717) is 15.8 Å². The molecular weight excluding hydrogens is 454 g/mol. The summed E-state index contributed by atoms with van der Waals surface area (Å²) >= 11 is 9.83. The molecule has 0 amide bonds. The fourth-order valence-corrected chi connectivity index (χ4v) is 4.37. The average Bonchev–Trinajstić information content (AvgIpc) is 2.70. The zero-order valence-electron chi connectivity index (χ0n) is 14.6. The molecule has 0 radical (unpaired) electrons. The first-order valence-corrected chi connectivity index (χ1v) is 10.5. The van der Waals surface area contributed by atoms with Crippen molar-refractivity contribution in [3.05, 3.63) is 81.2 Å². The lowest BCUT2D eigenvalue weighted by Crippen LogP contribution is -2.08. The van der Waals surface area contributed by atoms with Crippen LogP contribution in [0.1, 0.15) is 11.1 Å². The Morgan fingerprint density at radius 2 is 1.93 bits per heavy atom. The molecule has 6 heteroatoms. The number of thioether (sulfide) groups is 1. The van der Waals surface area contributed by atoms with Crippen molar-refractivity contribution < 1.29 is 9.53 Å². The standard InChI is InChI=1S/C22H14BrNO2S2/c23-18-10-14(11-21-19(25)12-24-22(27)28-21)8-9-20(18)26-13-16-6-3-5-15-4-1-2-7-17(15)16/h1-12H,13H2/b21-11+. The largest absolute Gasteiger partial charge is 0.488 e. The van der Waals surface area contributed by atoms with E-state index in [1.165, 1.54) is 28.7 Å². The molecule has 0 saturated heterocycles. The Morgan fingerprint density at radius 1 is 1.11 bits per heavy atom. The van der Waals surface area contributed by atoms with Crippen molar-refractivity contribution >= 4 is 73.1 Å². The minimum Gasteiger partial charge on any atom is -0.488 e. The summed E-state index contributed by atoms with van der Waals surface area (Å²) in [6.45, 7) is 0.472.